The number of carbonyl (C=O) groups excluding carboxylic acids is 1. The van der Waals surface area contributed by atoms with Crippen LogP contribution in [0.2, 0.25) is 0 Å². The van der Waals surface area contributed by atoms with Gasteiger partial charge in [0, 0.05) is 38.2 Å². The predicted octanol–water partition coefficient (Wildman–Crippen LogP) is 4.35. The molecule has 0 bridgehead atoms. The van der Waals surface area contributed by atoms with Crippen LogP contribution in [0.4, 0.5) is 0 Å². The maximum Gasteiger partial charge on any atom is 0.254 e. The van der Waals surface area contributed by atoms with E-state index in [-0.39, 0.29) is 18.3 Å². The maximum absolute atomic E-state index is 13.3. The minimum Gasteiger partial charge on any atom is -0.486 e. The first-order valence-corrected chi connectivity index (χ1v) is 13.2. The van der Waals surface area contributed by atoms with E-state index in [4.69, 9.17) is 9.47 Å². The Bertz CT molecular complexity index is 1260. The first kappa shape index (κ1) is 25.8. The molecular weight excluding hydrogens is 488 g/mol. The fraction of sp³-hybridized carbons (Fsp3) is 0.433. The molecular formula is C30H35ClN2O4. The smallest absolute Gasteiger partial charge is 0.254 e. The lowest BCUT2D eigenvalue weighted by Gasteiger charge is -2.38. The quantitative estimate of drug-likeness (QED) is 0.521. The van der Waals surface area contributed by atoms with Crippen LogP contribution < -0.4 is 9.47 Å². The highest BCUT2D eigenvalue weighted by Gasteiger charge is 2.31. The largest absolute Gasteiger partial charge is 0.486 e. The van der Waals surface area contributed by atoms with Crippen molar-refractivity contribution in [2.45, 2.75) is 31.8 Å². The average molecular weight is 523 g/mol. The van der Waals surface area contributed by atoms with Crippen molar-refractivity contribution in [3.63, 3.8) is 0 Å². The third-order valence-corrected chi connectivity index (χ3v) is 7.82. The number of aliphatic hydroxyl groups is 1. The Morgan fingerprint density at radius 3 is 2.65 bits per heavy atom. The molecule has 196 valence electrons. The number of hydrogen-bond acceptors (Lipinski definition) is 5. The molecule has 3 aliphatic heterocycles. The minimum atomic E-state index is -0.411. The van der Waals surface area contributed by atoms with Crippen LogP contribution >= 0.6 is 12.4 Å². The molecule has 6 nitrogen and oxygen atoms in total. The van der Waals surface area contributed by atoms with Crippen LogP contribution in [0.25, 0.3) is 10.8 Å². The molecule has 3 aromatic rings. The Hall–Kier alpha value is -2.80. The molecule has 1 N–H and O–H groups in total. The van der Waals surface area contributed by atoms with E-state index in [1.165, 1.54) is 16.3 Å². The molecule has 3 heterocycles. The summed E-state index contributed by atoms with van der Waals surface area (Å²) in [5.41, 5.74) is 3.01. The van der Waals surface area contributed by atoms with Gasteiger partial charge in [0.15, 0.2) is 11.5 Å². The van der Waals surface area contributed by atoms with Crippen molar-refractivity contribution >= 4 is 29.1 Å². The van der Waals surface area contributed by atoms with Crippen LogP contribution in [-0.4, -0.2) is 72.9 Å². The molecule has 0 aliphatic carbocycles. The molecule has 6 rings (SSSR count). The lowest BCUT2D eigenvalue weighted by atomic mass is 9.93. The number of nitrogens with zero attached hydrogens (tertiary/aromatic N) is 2. The van der Waals surface area contributed by atoms with Crippen LogP contribution in [0.15, 0.2) is 54.6 Å². The van der Waals surface area contributed by atoms with E-state index in [1.807, 2.05) is 17.0 Å². The molecule has 3 aliphatic rings. The highest BCUT2D eigenvalue weighted by Crippen LogP contribution is 2.35. The Balaban J connectivity index is 0.00000280. The number of rotatable bonds is 6. The predicted molar refractivity (Wildman–Crippen MR) is 147 cm³/mol. The van der Waals surface area contributed by atoms with E-state index in [0.717, 1.165) is 62.3 Å². The Kier molecular flexibility index (Phi) is 7.89. The van der Waals surface area contributed by atoms with Crippen molar-refractivity contribution in [3.8, 4) is 11.5 Å². The van der Waals surface area contributed by atoms with Crippen molar-refractivity contribution in [3.05, 3.63) is 71.3 Å². The van der Waals surface area contributed by atoms with Gasteiger partial charge in [0.25, 0.3) is 5.91 Å². The zero-order valence-electron chi connectivity index (χ0n) is 21.1. The monoisotopic (exact) mass is 522 g/mol. The summed E-state index contributed by atoms with van der Waals surface area (Å²) >= 11 is 0. The second kappa shape index (κ2) is 11.3. The molecule has 2 unspecified atom stereocenters. The lowest BCUT2D eigenvalue weighted by molar-refractivity contribution is 0.0578. The van der Waals surface area contributed by atoms with E-state index < -0.39 is 6.10 Å². The standard InChI is InChI=1S/C30H34N2O4.ClH/c33-25(15-23-8-3-7-22-6-1-2-9-26(22)23)20-31-11-4-5-21(18-31)19-32-12-10-24-16-28-29(36-14-13-35-28)17-27(24)30(32)34;/h1-3,6-9,16-17,21,25,33H,4-5,10-15,18-20H2;1H. The van der Waals surface area contributed by atoms with Gasteiger partial charge in [0.05, 0.1) is 6.10 Å². The Labute approximate surface area is 224 Å². The van der Waals surface area contributed by atoms with Crippen LogP contribution in [0.5, 0.6) is 11.5 Å². The SMILES string of the molecule is Cl.O=C1c2cc3c(cc2CCN1CC1CCCN(CC(O)Cc2cccc4ccccc24)C1)OCCO3. The minimum absolute atomic E-state index is 0. The Morgan fingerprint density at radius 1 is 1.00 bits per heavy atom. The van der Waals surface area contributed by atoms with Crippen molar-refractivity contribution in [1.29, 1.82) is 0 Å². The van der Waals surface area contributed by atoms with Crippen molar-refractivity contribution in [2.24, 2.45) is 5.92 Å². The number of aliphatic hydroxyl groups excluding tert-OH is 1. The molecule has 1 saturated heterocycles. The molecule has 2 atom stereocenters. The number of ether oxygens (including phenoxy) is 2. The summed E-state index contributed by atoms with van der Waals surface area (Å²) in [4.78, 5) is 17.7. The normalized spacial score (nSPS) is 20.3. The number of benzene rings is 3. The summed E-state index contributed by atoms with van der Waals surface area (Å²) in [5, 5.41) is 13.4. The van der Waals surface area contributed by atoms with Gasteiger partial charge in [-0.25, -0.2) is 0 Å². The molecule has 0 saturated carbocycles. The number of amides is 1. The molecule has 1 fully saturated rings. The number of piperidine rings is 1. The highest BCUT2D eigenvalue weighted by atomic mass is 35.5. The number of likely N-dealkylation sites (tertiary alicyclic amines) is 1. The maximum atomic E-state index is 13.3. The lowest BCUT2D eigenvalue weighted by Crippen LogP contribution is -2.46. The second-order valence-corrected chi connectivity index (χ2v) is 10.4. The van der Waals surface area contributed by atoms with Gasteiger partial charge in [-0.2, -0.15) is 0 Å². The third kappa shape index (κ3) is 5.57. The average Bonchev–Trinajstić information content (AvgIpc) is 2.90. The first-order chi connectivity index (χ1) is 17.6. The van der Waals surface area contributed by atoms with Crippen molar-refractivity contribution < 1.29 is 19.4 Å². The number of halogens is 1. The molecule has 0 radical (unpaired) electrons. The zero-order chi connectivity index (χ0) is 24.5. The van der Waals surface area contributed by atoms with Gasteiger partial charge in [-0.3, -0.25) is 4.79 Å². The highest BCUT2D eigenvalue weighted by molar-refractivity contribution is 5.97. The summed E-state index contributed by atoms with van der Waals surface area (Å²) in [7, 11) is 0. The Morgan fingerprint density at radius 2 is 1.78 bits per heavy atom. The van der Waals surface area contributed by atoms with Crippen LogP contribution in [0, 0.1) is 5.92 Å². The van der Waals surface area contributed by atoms with Gasteiger partial charge in [0.1, 0.15) is 13.2 Å². The van der Waals surface area contributed by atoms with E-state index in [0.29, 0.717) is 37.8 Å². The van der Waals surface area contributed by atoms with E-state index in [1.54, 1.807) is 0 Å². The van der Waals surface area contributed by atoms with Gasteiger partial charge in [-0.15, -0.1) is 12.4 Å². The molecule has 7 heteroatoms. The zero-order valence-corrected chi connectivity index (χ0v) is 21.9. The number of carbonyl (C=O) groups is 1. The number of hydrogen-bond donors (Lipinski definition) is 1. The van der Waals surface area contributed by atoms with Crippen LogP contribution in [0.3, 0.4) is 0 Å². The van der Waals surface area contributed by atoms with Crippen LogP contribution in [-0.2, 0) is 12.8 Å². The molecule has 37 heavy (non-hydrogen) atoms. The topological polar surface area (TPSA) is 62.2 Å². The summed E-state index contributed by atoms with van der Waals surface area (Å²) in [5.74, 6) is 1.96. The molecule has 3 aromatic carbocycles. The number of fused-ring (bicyclic) bond motifs is 3. The van der Waals surface area contributed by atoms with Gasteiger partial charge < -0.3 is 24.4 Å². The summed E-state index contributed by atoms with van der Waals surface area (Å²) in [6, 6.07) is 18.5. The van der Waals surface area contributed by atoms with Crippen molar-refractivity contribution in [2.75, 3.05) is 45.9 Å². The van der Waals surface area contributed by atoms with Crippen molar-refractivity contribution in [1.82, 2.24) is 9.80 Å². The third-order valence-electron chi connectivity index (χ3n) is 7.82. The summed E-state index contributed by atoms with van der Waals surface area (Å²) in [6.45, 7) is 5.18. The summed E-state index contributed by atoms with van der Waals surface area (Å²) < 4.78 is 11.4. The molecule has 1 amide bonds. The van der Waals surface area contributed by atoms with E-state index in [9.17, 15) is 9.90 Å². The van der Waals surface area contributed by atoms with E-state index in [2.05, 4.69) is 47.4 Å². The molecule has 0 aromatic heterocycles. The van der Waals surface area contributed by atoms with Gasteiger partial charge in [-0.1, -0.05) is 42.5 Å². The van der Waals surface area contributed by atoms with Crippen LogP contribution in [0.1, 0.15) is 34.3 Å². The van der Waals surface area contributed by atoms with E-state index >= 15 is 0 Å². The van der Waals surface area contributed by atoms with Gasteiger partial charge in [-0.05, 0) is 65.8 Å². The number of β-amino-alcohol motifs (C(OH)–C–C–N with tert-alkyl or cyclic N) is 1. The van der Waals surface area contributed by atoms with Gasteiger partial charge in [0.2, 0.25) is 0 Å². The first-order valence-electron chi connectivity index (χ1n) is 13.2. The second-order valence-electron chi connectivity index (χ2n) is 10.4. The molecule has 0 spiro atoms. The summed E-state index contributed by atoms with van der Waals surface area (Å²) in [6.07, 6.45) is 3.31. The fourth-order valence-corrected chi connectivity index (χ4v) is 6.10. The fourth-order valence-electron chi connectivity index (χ4n) is 6.10. The van der Waals surface area contributed by atoms with Gasteiger partial charge >= 0.3 is 0 Å².